The topological polar surface area (TPSA) is 76.4 Å². The molecule has 88 valence electrons. The second kappa shape index (κ2) is 5.97. The first-order chi connectivity index (χ1) is 7.71. The minimum Gasteiger partial charge on any atom is -0.497 e. The monoisotopic (exact) mass is 223 g/mol. The zero-order valence-corrected chi connectivity index (χ0v) is 9.49. The Kier molecular flexibility index (Phi) is 4.60. The number of ether oxygens (including phenoxy) is 1. The van der Waals surface area contributed by atoms with Crippen LogP contribution in [0.25, 0.3) is 0 Å². The molecule has 1 amide bonds. The number of anilines is 1. The van der Waals surface area contributed by atoms with Gasteiger partial charge in [0, 0.05) is 5.69 Å². The summed E-state index contributed by atoms with van der Waals surface area (Å²) in [6, 6.07) is 7.04. The van der Waals surface area contributed by atoms with Gasteiger partial charge in [-0.1, -0.05) is 6.92 Å². The molecule has 1 aromatic carbocycles. The van der Waals surface area contributed by atoms with Gasteiger partial charge < -0.3 is 10.1 Å². The number of nitrogens with two attached hydrogens (primary N) is 1. The zero-order chi connectivity index (χ0) is 12.0. The van der Waals surface area contributed by atoms with Crippen molar-refractivity contribution in [2.75, 3.05) is 12.4 Å². The average Bonchev–Trinajstić information content (AvgIpc) is 2.35. The quantitative estimate of drug-likeness (QED) is 0.393. The van der Waals surface area contributed by atoms with E-state index < -0.39 is 0 Å². The standard InChI is InChI=1S/C11H17N3O2/c1-3-10(11(15)14-12)13-8-4-6-9(16-2)7-5-8/h4-7,10,13H,3,12H2,1-2H3,(H,14,15). The van der Waals surface area contributed by atoms with Crippen LogP contribution in [0.3, 0.4) is 0 Å². The van der Waals surface area contributed by atoms with Crippen molar-refractivity contribution < 1.29 is 9.53 Å². The maximum absolute atomic E-state index is 11.3. The van der Waals surface area contributed by atoms with Crippen molar-refractivity contribution in [1.29, 1.82) is 0 Å². The number of methoxy groups -OCH3 is 1. The molecule has 0 aliphatic rings. The third-order valence-electron chi connectivity index (χ3n) is 2.30. The van der Waals surface area contributed by atoms with Gasteiger partial charge in [0.1, 0.15) is 11.8 Å². The Balaban J connectivity index is 2.66. The van der Waals surface area contributed by atoms with Gasteiger partial charge in [0.05, 0.1) is 7.11 Å². The summed E-state index contributed by atoms with van der Waals surface area (Å²) in [5, 5.41) is 3.08. The summed E-state index contributed by atoms with van der Waals surface area (Å²) in [4.78, 5) is 11.3. The van der Waals surface area contributed by atoms with Crippen molar-refractivity contribution in [2.24, 2.45) is 5.84 Å². The SMILES string of the molecule is CCC(Nc1ccc(OC)cc1)C(=O)NN. The number of nitrogens with one attached hydrogen (secondary N) is 2. The predicted molar refractivity (Wildman–Crippen MR) is 63.0 cm³/mol. The molecule has 0 heterocycles. The van der Waals surface area contributed by atoms with Crippen molar-refractivity contribution in [3.05, 3.63) is 24.3 Å². The van der Waals surface area contributed by atoms with E-state index in [1.807, 2.05) is 31.2 Å². The second-order valence-corrected chi connectivity index (χ2v) is 3.34. The molecule has 0 fully saturated rings. The molecule has 5 nitrogen and oxygen atoms in total. The Morgan fingerprint density at radius 2 is 2.06 bits per heavy atom. The molecule has 5 heteroatoms. The fourth-order valence-corrected chi connectivity index (χ4v) is 1.34. The first-order valence-corrected chi connectivity index (χ1v) is 5.12. The molecule has 0 saturated heterocycles. The highest BCUT2D eigenvalue weighted by Crippen LogP contribution is 2.16. The summed E-state index contributed by atoms with van der Waals surface area (Å²) >= 11 is 0. The van der Waals surface area contributed by atoms with E-state index >= 15 is 0 Å². The number of carbonyl (C=O) groups is 1. The lowest BCUT2D eigenvalue weighted by Crippen LogP contribution is -2.42. The summed E-state index contributed by atoms with van der Waals surface area (Å²) in [5.74, 6) is 5.64. The molecule has 0 bridgehead atoms. The molecule has 0 saturated carbocycles. The summed E-state index contributed by atoms with van der Waals surface area (Å²) < 4.78 is 5.04. The normalized spacial score (nSPS) is 11.7. The molecule has 1 aromatic rings. The molecule has 1 rings (SSSR count). The van der Waals surface area contributed by atoms with Gasteiger partial charge in [-0.15, -0.1) is 0 Å². The van der Waals surface area contributed by atoms with Crippen molar-refractivity contribution in [3.63, 3.8) is 0 Å². The minimum atomic E-state index is -0.321. The molecule has 0 aliphatic heterocycles. The molecule has 0 aromatic heterocycles. The van der Waals surface area contributed by atoms with Gasteiger partial charge >= 0.3 is 0 Å². The number of carbonyl (C=O) groups excluding carboxylic acids is 1. The Morgan fingerprint density at radius 1 is 1.44 bits per heavy atom. The molecule has 4 N–H and O–H groups in total. The van der Waals surface area contributed by atoms with Crippen molar-refractivity contribution in [1.82, 2.24) is 5.43 Å². The van der Waals surface area contributed by atoms with Crippen LogP contribution >= 0.6 is 0 Å². The zero-order valence-electron chi connectivity index (χ0n) is 9.49. The van der Waals surface area contributed by atoms with Crippen LogP contribution in [0.5, 0.6) is 5.75 Å². The molecule has 1 unspecified atom stereocenters. The summed E-state index contributed by atoms with van der Waals surface area (Å²) in [6.07, 6.45) is 0.662. The fourth-order valence-electron chi connectivity index (χ4n) is 1.34. The summed E-state index contributed by atoms with van der Waals surface area (Å²) in [6.45, 7) is 1.91. The van der Waals surface area contributed by atoms with Gasteiger partial charge in [-0.05, 0) is 30.7 Å². The van der Waals surface area contributed by atoms with E-state index in [-0.39, 0.29) is 11.9 Å². The smallest absolute Gasteiger partial charge is 0.256 e. The van der Waals surface area contributed by atoms with Gasteiger partial charge in [0.25, 0.3) is 5.91 Å². The largest absolute Gasteiger partial charge is 0.497 e. The van der Waals surface area contributed by atoms with Crippen LogP contribution in [0.2, 0.25) is 0 Å². The lowest BCUT2D eigenvalue weighted by molar-refractivity contribution is -0.121. The van der Waals surface area contributed by atoms with Crippen LogP contribution in [0.1, 0.15) is 13.3 Å². The van der Waals surface area contributed by atoms with E-state index in [0.717, 1.165) is 11.4 Å². The molecule has 0 spiro atoms. The van der Waals surface area contributed by atoms with Crippen molar-refractivity contribution >= 4 is 11.6 Å². The van der Waals surface area contributed by atoms with Gasteiger partial charge in [-0.3, -0.25) is 10.2 Å². The number of hydrogen-bond donors (Lipinski definition) is 3. The van der Waals surface area contributed by atoms with Crippen molar-refractivity contribution in [3.8, 4) is 5.75 Å². The van der Waals surface area contributed by atoms with Gasteiger partial charge in [-0.25, -0.2) is 5.84 Å². The lowest BCUT2D eigenvalue weighted by Gasteiger charge is -2.16. The Labute approximate surface area is 94.9 Å². The third kappa shape index (κ3) is 3.13. The molecule has 16 heavy (non-hydrogen) atoms. The third-order valence-corrected chi connectivity index (χ3v) is 2.30. The molecular weight excluding hydrogens is 206 g/mol. The van der Waals surface area contributed by atoms with Crippen LogP contribution < -0.4 is 21.3 Å². The van der Waals surface area contributed by atoms with E-state index in [0.29, 0.717) is 6.42 Å². The average molecular weight is 223 g/mol. The number of amides is 1. The van der Waals surface area contributed by atoms with Crippen LogP contribution in [-0.4, -0.2) is 19.1 Å². The first-order valence-electron chi connectivity index (χ1n) is 5.12. The van der Waals surface area contributed by atoms with Gasteiger partial charge in [-0.2, -0.15) is 0 Å². The van der Waals surface area contributed by atoms with Gasteiger partial charge in [0.2, 0.25) is 0 Å². The Hall–Kier alpha value is -1.75. The number of benzene rings is 1. The second-order valence-electron chi connectivity index (χ2n) is 3.34. The van der Waals surface area contributed by atoms with Crippen molar-refractivity contribution in [2.45, 2.75) is 19.4 Å². The lowest BCUT2D eigenvalue weighted by atomic mass is 10.2. The highest BCUT2D eigenvalue weighted by molar-refractivity contribution is 5.83. The fraction of sp³-hybridized carbons (Fsp3) is 0.364. The van der Waals surface area contributed by atoms with E-state index in [4.69, 9.17) is 10.6 Å². The summed E-state index contributed by atoms with van der Waals surface area (Å²) in [5.41, 5.74) is 2.99. The molecule has 0 aliphatic carbocycles. The predicted octanol–water partition coefficient (Wildman–Crippen LogP) is 0.876. The van der Waals surface area contributed by atoms with E-state index in [1.165, 1.54) is 0 Å². The number of rotatable bonds is 5. The van der Waals surface area contributed by atoms with E-state index in [9.17, 15) is 4.79 Å². The minimum absolute atomic E-state index is 0.224. The maximum atomic E-state index is 11.3. The highest BCUT2D eigenvalue weighted by atomic mass is 16.5. The van der Waals surface area contributed by atoms with Crippen LogP contribution in [0.4, 0.5) is 5.69 Å². The Bertz CT molecular complexity index is 338. The molecule has 0 radical (unpaired) electrons. The Morgan fingerprint density at radius 3 is 2.50 bits per heavy atom. The van der Waals surface area contributed by atoms with Crippen LogP contribution in [0.15, 0.2) is 24.3 Å². The molecule has 1 atom stereocenters. The van der Waals surface area contributed by atoms with Crippen LogP contribution in [0, 0.1) is 0 Å². The highest BCUT2D eigenvalue weighted by Gasteiger charge is 2.14. The maximum Gasteiger partial charge on any atom is 0.256 e. The van der Waals surface area contributed by atoms with Crippen LogP contribution in [-0.2, 0) is 4.79 Å². The molecular formula is C11H17N3O2. The summed E-state index contributed by atoms with van der Waals surface area (Å²) in [7, 11) is 1.61. The van der Waals surface area contributed by atoms with E-state index in [1.54, 1.807) is 7.11 Å². The number of hydrogen-bond acceptors (Lipinski definition) is 4. The van der Waals surface area contributed by atoms with E-state index in [2.05, 4.69) is 10.7 Å². The number of hydrazine groups is 1. The first kappa shape index (κ1) is 12.3. The van der Waals surface area contributed by atoms with Gasteiger partial charge in [0.15, 0.2) is 0 Å².